The number of hydrogen-bond acceptors (Lipinski definition) is 3. The molecule has 0 unspecified atom stereocenters. The number of hydrogen-bond donors (Lipinski definition) is 1. The van der Waals surface area contributed by atoms with Gasteiger partial charge in [0.1, 0.15) is 12.4 Å². The van der Waals surface area contributed by atoms with Crippen molar-refractivity contribution in [1.82, 2.24) is 9.78 Å². The number of rotatable bonds is 6. The quantitative estimate of drug-likeness (QED) is 0.809. The van der Waals surface area contributed by atoms with Gasteiger partial charge in [0.15, 0.2) is 0 Å². The monoisotopic (exact) mass is 257 g/mol. The van der Waals surface area contributed by atoms with Gasteiger partial charge in [-0.25, -0.2) is 0 Å². The summed E-state index contributed by atoms with van der Waals surface area (Å²) >= 11 is 0. The molecule has 4 heteroatoms. The van der Waals surface area contributed by atoms with E-state index in [1.807, 2.05) is 38.4 Å². The van der Waals surface area contributed by atoms with E-state index < -0.39 is 0 Å². The fraction of sp³-hybridized carbons (Fsp3) is 0.267. The standard InChI is InChI=1S/C15H19N3O/c1-4-9-19-15-8-6-5-7-13(15)10-16-14-11-18(3)17-12(14)2/h4-8,11,16H,1,9-10H2,2-3H3. The molecule has 0 atom stereocenters. The lowest BCUT2D eigenvalue weighted by Gasteiger charge is -2.11. The number of aryl methyl sites for hydroxylation is 2. The van der Waals surface area contributed by atoms with Crippen LogP contribution in [0.2, 0.25) is 0 Å². The maximum Gasteiger partial charge on any atom is 0.124 e. The molecule has 0 aliphatic carbocycles. The van der Waals surface area contributed by atoms with Gasteiger partial charge >= 0.3 is 0 Å². The molecule has 1 aromatic carbocycles. The zero-order valence-corrected chi connectivity index (χ0v) is 11.4. The van der Waals surface area contributed by atoms with Crippen LogP contribution in [0, 0.1) is 6.92 Å². The van der Waals surface area contributed by atoms with Gasteiger partial charge in [-0.2, -0.15) is 5.10 Å². The van der Waals surface area contributed by atoms with Gasteiger partial charge in [0.25, 0.3) is 0 Å². The van der Waals surface area contributed by atoms with E-state index in [1.165, 1.54) is 0 Å². The zero-order chi connectivity index (χ0) is 13.7. The van der Waals surface area contributed by atoms with E-state index >= 15 is 0 Å². The summed E-state index contributed by atoms with van der Waals surface area (Å²) in [6, 6.07) is 8.00. The van der Waals surface area contributed by atoms with E-state index in [0.717, 1.165) is 22.7 Å². The lowest BCUT2D eigenvalue weighted by molar-refractivity contribution is 0.359. The minimum absolute atomic E-state index is 0.517. The maximum atomic E-state index is 5.63. The van der Waals surface area contributed by atoms with E-state index in [-0.39, 0.29) is 0 Å². The Labute approximate surface area is 113 Å². The number of aromatic nitrogens is 2. The molecule has 100 valence electrons. The van der Waals surface area contributed by atoms with Crippen molar-refractivity contribution >= 4 is 5.69 Å². The Balaban J connectivity index is 2.06. The first kappa shape index (κ1) is 13.2. The number of ether oxygens (including phenoxy) is 1. The highest BCUT2D eigenvalue weighted by Crippen LogP contribution is 2.20. The molecule has 0 radical (unpaired) electrons. The van der Waals surface area contributed by atoms with Crippen molar-refractivity contribution < 1.29 is 4.74 Å². The summed E-state index contributed by atoms with van der Waals surface area (Å²) in [5, 5.41) is 7.68. The number of nitrogens with zero attached hydrogens (tertiary/aromatic N) is 2. The highest BCUT2D eigenvalue weighted by Gasteiger charge is 2.05. The largest absolute Gasteiger partial charge is 0.489 e. The third-order valence-corrected chi connectivity index (χ3v) is 2.81. The number of benzene rings is 1. The average molecular weight is 257 g/mol. The summed E-state index contributed by atoms with van der Waals surface area (Å²) < 4.78 is 7.43. The summed E-state index contributed by atoms with van der Waals surface area (Å²) in [5.74, 6) is 0.886. The van der Waals surface area contributed by atoms with Crippen molar-refractivity contribution in [1.29, 1.82) is 0 Å². The zero-order valence-electron chi connectivity index (χ0n) is 11.4. The van der Waals surface area contributed by atoms with Gasteiger partial charge in [-0.1, -0.05) is 30.9 Å². The van der Waals surface area contributed by atoms with Crippen LogP contribution in [0.5, 0.6) is 5.75 Å². The molecule has 0 saturated heterocycles. The molecule has 2 rings (SSSR count). The van der Waals surface area contributed by atoms with Crippen LogP contribution in [0.15, 0.2) is 43.1 Å². The SMILES string of the molecule is C=CCOc1ccccc1CNc1cn(C)nc1C. The van der Waals surface area contributed by atoms with E-state index in [2.05, 4.69) is 23.1 Å². The normalized spacial score (nSPS) is 10.2. The van der Waals surface area contributed by atoms with Crippen molar-refractivity contribution in [3.63, 3.8) is 0 Å². The summed E-state index contributed by atoms with van der Waals surface area (Å²) in [5.41, 5.74) is 3.15. The summed E-state index contributed by atoms with van der Waals surface area (Å²) in [6.45, 7) is 6.88. The fourth-order valence-corrected chi connectivity index (χ4v) is 1.90. The molecule has 2 aromatic rings. The Hall–Kier alpha value is -2.23. The van der Waals surface area contributed by atoms with Gasteiger partial charge in [0, 0.05) is 25.4 Å². The minimum Gasteiger partial charge on any atom is -0.489 e. The molecule has 1 aromatic heterocycles. The van der Waals surface area contributed by atoms with Crippen molar-refractivity contribution in [2.45, 2.75) is 13.5 Å². The molecule has 0 aliphatic heterocycles. The lowest BCUT2D eigenvalue weighted by atomic mass is 10.2. The molecule has 0 saturated carbocycles. The van der Waals surface area contributed by atoms with Crippen LogP contribution in [0.3, 0.4) is 0 Å². The van der Waals surface area contributed by atoms with Gasteiger partial charge in [-0.05, 0) is 13.0 Å². The van der Waals surface area contributed by atoms with Crippen LogP contribution in [0.4, 0.5) is 5.69 Å². The molecule has 19 heavy (non-hydrogen) atoms. The molecule has 0 amide bonds. The Morgan fingerprint density at radius 3 is 2.89 bits per heavy atom. The van der Waals surface area contributed by atoms with E-state index in [4.69, 9.17) is 4.74 Å². The van der Waals surface area contributed by atoms with Gasteiger partial charge in [-0.15, -0.1) is 0 Å². The van der Waals surface area contributed by atoms with Gasteiger partial charge in [0.2, 0.25) is 0 Å². The second-order valence-electron chi connectivity index (χ2n) is 4.36. The molecular formula is C15H19N3O. The summed E-state index contributed by atoms with van der Waals surface area (Å²) in [7, 11) is 1.92. The molecule has 0 spiro atoms. The molecular weight excluding hydrogens is 238 g/mol. The van der Waals surface area contributed by atoms with Crippen LogP contribution in [0.1, 0.15) is 11.3 Å². The first-order chi connectivity index (χ1) is 9.20. The van der Waals surface area contributed by atoms with E-state index in [1.54, 1.807) is 10.8 Å². The van der Waals surface area contributed by atoms with Crippen molar-refractivity contribution in [2.24, 2.45) is 7.05 Å². The molecule has 1 heterocycles. The van der Waals surface area contributed by atoms with Crippen molar-refractivity contribution in [2.75, 3.05) is 11.9 Å². The van der Waals surface area contributed by atoms with Crippen LogP contribution < -0.4 is 10.1 Å². The minimum atomic E-state index is 0.517. The maximum absolute atomic E-state index is 5.63. The predicted molar refractivity (Wildman–Crippen MR) is 77.4 cm³/mol. The number of anilines is 1. The van der Waals surface area contributed by atoms with Gasteiger partial charge in [-0.3, -0.25) is 4.68 Å². The highest BCUT2D eigenvalue weighted by molar-refractivity contribution is 5.47. The highest BCUT2D eigenvalue weighted by atomic mass is 16.5. The van der Waals surface area contributed by atoms with Crippen LogP contribution >= 0.6 is 0 Å². The van der Waals surface area contributed by atoms with E-state index in [9.17, 15) is 0 Å². The summed E-state index contributed by atoms with van der Waals surface area (Å²) in [6.07, 6.45) is 3.72. The average Bonchev–Trinajstić information content (AvgIpc) is 2.73. The third kappa shape index (κ3) is 3.37. The Morgan fingerprint density at radius 2 is 2.21 bits per heavy atom. The third-order valence-electron chi connectivity index (χ3n) is 2.81. The molecule has 0 fully saturated rings. The first-order valence-corrected chi connectivity index (χ1v) is 6.26. The smallest absolute Gasteiger partial charge is 0.124 e. The van der Waals surface area contributed by atoms with Gasteiger partial charge < -0.3 is 10.1 Å². The second-order valence-corrected chi connectivity index (χ2v) is 4.36. The molecule has 0 bridgehead atoms. The van der Waals surface area contributed by atoms with Crippen LogP contribution in [-0.2, 0) is 13.6 Å². The van der Waals surface area contributed by atoms with Crippen molar-refractivity contribution in [3.05, 3.63) is 54.4 Å². The fourth-order valence-electron chi connectivity index (χ4n) is 1.90. The van der Waals surface area contributed by atoms with Crippen LogP contribution in [0.25, 0.3) is 0 Å². The molecule has 4 nitrogen and oxygen atoms in total. The van der Waals surface area contributed by atoms with Crippen molar-refractivity contribution in [3.8, 4) is 5.75 Å². The first-order valence-electron chi connectivity index (χ1n) is 6.26. The van der Waals surface area contributed by atoms with Crippen LogP contribution in [-0.4, -0.2) is 16.4 Å². The summed E-state index contributed by atoms with van der Waals surface area (Å²) in [4.78, 5) is 0. The Kier molecular flexibility index (Phi) is 4.23. The lowest BCUT2D eigenvalue weighted by Crippen LogP contribution is -2.03. The topological polar surface area (TPSA) is 39.1 Å². The number of para-hydroxylation sites is 1. The van der Waals surface area contributed by atoms with Gasteiger partial charge in [0.05, 0.1) is 11.4 Å². The van der Waals surface area contributed by atoms with E-state index in [0.29, 0.717) is 13.2 Å². The Bertz CT molecular complexity index is 560. The Morgan fingerprint density at radius 1 is 1.42 bits per heavy atom. The second kappa shape index (κ2) is 6.09. The number of nitrogens with one attached hydrogen (secondary N) is 1. The predicted octanol–water partition coefficient (Wildman–Crippen LogP) is 2.91. The molecule has 1 N–H and O–H groups in total. The molecule has 0 aliphatic rings.